The van der Waals surface area contributed by atoms with E-state index in [1.165, 1.54) is 47.7 Å². The molecule has 28 heavy (non-hydrogen) atoms. The van der Waals surface area contributed by atoms with Gasteiger partial charge in [0.05, 0.1) is 6.04 Å². The molecule has 2 heterocycles. The topological polar surface area (TPSA) is 4.93 Å². The van der Waals surface area contributed by atoms with Gasteiger partial charge >= 0.3 is 0 Å². The van der Waals surface area contributed by atoms with E-state index in [1.54, 1.807) is 11.3 Å². The summed E-state index contributed by atoms with van der Waals surface area (Å²) in [6.45, 7) is 0. The number of aryl methyl sites for hydroxylation is 1. The molecule has 0 saturated carbocycles. The van der Waals surface area contributed by atoms with Crippen molar-refractivity contribution in [2.75, 3.05) is 0 Å². The fraction of sp³-hybridized carbons (Fsp3) is 0.259. The Morgan fingerprint density at radius 3 is 2.14 bits per heavy atom. The van der Waals surface area contributed by atoms with Crippen LogP contribution < -0.4 is 0 Å². The average Bonchev–Trinajstić information content (AvgIpc) is 3.12. The third kappa shape index (κ3) is 2.32. The summed E-state index contributed by atoms with van der Waals surface area (Å²) in [5.41, 5.74) is 7.63. The van der Waals surface area contributed by atoms with Crippen molar-refractivity contribution in [3.63, 3.8) is 0 Å². The zero-order chi connectivity index (χ0) is 18.5. The molecule has 1 heteroatoms. The molecule has 2 aliphatic rings. The largest absolute Gasteiger partial charge is 0.336 e. The van der Waals surface area contributed by atoms with Gasteiger partial charge < -0.3 is 4.57 Å². The number of fused-ring (bicyclic) bond motifs is 3. The molecule has 1 nitrogen and oxygen atoms in total. The highest BCUT2D eigenvalue weighted by Gasteiger charge is 2.40. The third-order valence-electron chi connectivity index (χ3n) is 7.04. The van der Waals surface area contributed by atoms with Crippen LogP contribution in [0.25, 0.3) is 10.9 Å². The Bertz CT molecular complexity index is 1120. The van der Waals surface area contributed by atoms with E-state index < -0.39 is 0 Å². The molecule has 3 atom stereocenters. The summed E-state index contributed by atoms with van der Waals surface area (Å²) in [5.74, 6) is 1.24. The molecule has 1 aliphatic carbocycles. The van der Waals surface area contributed by atoms with Gasteiger partial charge in [0.25, 0.3) is 0 Å². The highest BCUT2D eigenvalue weighted by atomic mass is 15.1. The lowest BCUT2D eigenvalue weighted by atomic mass is 9.70. The maximum absolute atomic E-state index is 2.71. The van der Waals surface area contributed by atoms with Crippen molar-refractivity contribution < 1.29 is 0 Å². The van der Waals surface area contributed by atoms with Crippen molar-refractivity contribution in [1.82, 2.24) is 4.57 Å². The second-order valence-corrected chi connectivity index (χ2v) is 8.43. The van der Waals surface area contributed by atoms with Gasteiger partial charge in [-0.1, -0.05) is 78.9 Å². The van der Waals surface area contributed by atoms with Crippen molar-refractivity contribution in [1.29, 1.82) is 0 Å². The maximum Gasteiger partial charge on any atom is 0.0594 e. The van der Waals surface area contributed by atoms with Gasteiger partial charge in [-0.05, 0) is 54.4 Å². The first kappa shape index (κ1) is 16.2. The van der Waals surface area contributed by atoms with Crippen LogP contribution >= 0.6 is 0 Å². The fourth-order valence-electron chi connectivity index (χ4n) is 5.92. The van der Waals surface area contributed by atoms with Gasteiger partial charge in [0.2, 0.25) is 0 Å². The van der Waals surface area contributed by atoms with Crippen LogP contribution in [0.4, 0.5) is 0 Å². The summed E-state index contributed by atoms with van der Waals surface area (Å²) in [7, 11) is 0. The molecule has 0 N–H and O–H groups in total. The standard InChI is InChI=1S/C27H25N/c1-3-10-19(11-4-1)24-18-26(20-12-5-2-6-13-20)28-25-17-8-7-14-21(25)22-15-9-16-23(24)27(22)28/h1-8,10-14,17,23-24,26H,9,15-16,18H2/t23-,24+,26-/m1/s1. The zero-order valence-electron chi connectivity index (χ0n) is 16.1. The molecule has 0 spiro atoms. The smallest absolute Gasteiger partial charge is 0.0594 e. The molecule has 3 aromatic carbocycles. The molecule has 0 unspecified atom stereocenters. The number of para-hydroxylation sites is 1. The van der Waals surface area contributed by atoms with Gasteiger partial charge in [0.1, 0.15) is 0 Å². The predicted molar refractivity (Wildman–Crippen MR) is 116 cm³/mol. The fourth-order valence-corrected chi connectivity index (χ4v) is 5.92. The van der Waals surface area contributed by atoms with Crippen LogP contribution in [-0.2, 0) is 6.42 Å². The van der Waals surface area contributed by atoms with Crippen LogP contribution in [0.1, 0.15) is 59.5 Å². The first-order chi connectivity index (χ1) is 13.9. The number of aromatic nitrogens is 1. The van der Waals surface area contributed by atoms with Gasteiger partial charge in [-0.25, -0.2) is 0 Å². The van der Waals surface area contributed by atoms with E-state index in [-0.39, 0.29) is 0 Å². The summed E-state index contributed by atoms with van der Waals surface area (Å²) in [6.07, 6.45) is 5.03. The molecule has 6 rings (SSSR count). The monoisotopic (exact) mass is 363 g/mol. The van der Waals surface area contributed by atoms with Gasteiger partial charge in [-0.2, -0.15) is 0 Å². The Kier molecular flexibility index (Phi) is 3.68. The van der Waals surface area contributed by atoms with E-state index in [2.05, 4.69) is 89.5 Å². The summed E-state index contributed by atoms with van der Waals surface area (Å²) < 4.78 is 2.71. The van der Waals surface area contributed by atoms with Crippen molar-refractivity contribution in [2.45, 2.75) is 43.6 Å². The first-order valence-corrected chi connectivity index (χ1v) is 10.6. The highest BCUT2D eigenvalue weighted by molar-refractivity contribution is 5.86. The van der Waals surface area contributed by atoms with Crippen LogP contribution in [0.3, 0.4) is 0 Å². The van der Waals surface area contributed by atoms with Gasteiger partial charge in [-0.15, -0.1) is 0 Å². The minimum atomic E-state index is 0.411. The van der Waals surface area contributed by atoms with Crippen molar-refractivity contribution in [2.24, 2.45) is 0 Å². The lowest BCUT2D eigenvalue weighted by Gasteiger charge is -2.41. The molecular formula is C27H25N. The molecule has 1 aromatic heterocycles. The average molecular weight is 364 g/mol. The van der Waals surface area contributed by atoms with Gasteiger partial charge in [0.15, 0.2) is 0 Å². The Morgan fingerprint density at radius 1 is 0.679 bits per heavy atom. The van der Waals surface area contributed by atoms with Crippen LogP contribution in [0.15, 0.2) is 84.9 Å². The molecule has 0 saturated heterocycles. The Labute approximate surface area is 166 Å². The number of rotatable bonds is 2. The van der Waals surface area contributed by atoms with E-state index in [0.717, 1.165) is 0 Å². The van der Waals surface area contributed by atoms with Crippen molar-refractivity contribution in [3.8, 4) is 0 Å². The summed E-state index contributed by atoms with van der Waals surface area (Å²) in [4.78, 5) is 0. The highest BCUT2D eigenvalue weighted by Crippen LogP contribution is 2.54. The Hall–Kier alpha value is -2.80. The third-order valence-corrected chi connectivity index (χ3v) is 7.04. The van der Waals surface area contributed by atoms with Gasteiger partial charge in [-0.3, -0.25) is 0 Å². The molecule has 0 fully saturated rings. The van der Waals surface area contributed by atoms with Crippen LogP contribution in [0, 0.1) is 0 Å². The second-order valence-electron chi connectivity index (χ2n) is 8.43. The van der Waals surface area contributed by atoms with Crippen LogP contribution in [-0.4, -0.2) is 4.57 Å². The summed E-state index contributed by atoms with van der Waals surface area (Å²) >= 11 is 0. The molecule has 0 amide bonds. The van der Waals surface area contributed by atoms with E-state index in [0.29, 0.717) is 17.9 Å². The second kappa shape index (κ2) is 6.38. The molecule has 0 radical (unpaired) electrons. The van der Waals surface area contributed by atoms with E-state index in [4.69, 9.17) is 0 Å². The lowest BCUT2D eigenvalue weighted by Crippen LogP contribution is -2.30. The summed E-state index contributed by atoms with van der Waals surface area (Å²) in [6, 6.07) is 31.9. The first-order valence-electron chi connectivity index (χ1n) is 10.6. The number of hydrogen-bond donors (Lipinski definition) is 0. The minimum Gasteiger partial charge on any atom is -0.336 e. The molecule has 4 aromatic rings. The number of hydrogen-bond acceptors (Lipinski definition) is 0. The zero-order valence-corrected chi connectivity index (χ0v) is 16.1. The predicted octanol–water partition coefficient (Wildman–Crippen LogP) is 6.84. The van der Waals surface area contributed by atoms with E-state index in [9.17, 15) is 0 Å². The lowest BCUT2D eigenvalue weighted by molar-refractivity contribution is 0.331. The quantitative estimate of drug-likeness (QED) is 0.367. The summed E-state index contributed by atoms with van der Waals surface area (Å²) in [5, 5.41) is 1.48. The minimum absolute atomic E-state index is 0.411. The van der Waals surface area contributed by atoms with Crippen molar-refractivity contribution in [3.05, 3.63) is 107 Å². The maximum atomic E-state index is 2.71. The Balaban J connectivity index is 1.64. The van der Waals surface area contributed by atoms with Crippen LogP contribution in [0.2, 0.25) is 0 Å². The van der Waals surface area contributed by atoms with E-state index in [1.807, 2.05) is 0 Å². The number of nitrogens with zero attached hydrogens (tertiary/aromatic N) is 1. The van der Waals surface area contributed by atoms with Gasteiger partial charge in [0, 0.05) is 22.5 Å². The van der Waals surface area contributed by atoms with Crippen LogP contribution in [0.5, 0.6) is 0 Å². The molecular weight excluding hydrogens is 338 g/mol. The molecule has 1 aliphatic heterocycles. The molecule has 0 bridgehead atoms. The normalized spacial score (nSPS) is 23.5. The molecule has 138 valence electrons. The van der Waals surface area contributed by atoms with E-state index >= 15 is 0 Å². The SMILES string of the molecule is c1ccc([C@H]2C[C@@H](c3ccccc3)[C@H]3CCCc4c3n2c2ccccc42)cc1. The number of benzene rings is 3. The Morgan fingerprint density at radius 2 is 1.36 bits per heavy atom. The van der Waals surface area contributed by atoms with Crippen molar-refractivity contribution >= 4 is 10.9 Å².